The van der Waals surface area contributed by atoms with Gasteiger partial charge in [0, 0.05) is 32.1 Å². The minimum absolute atomic E-state index is 0.342. The number of nitrogens with one attached hydrogen (secondary N) is 2. The SMILES string of the molecule is CCNC(=NCc1ccc(S(=O)(=O)N(C)C)s1)NCCc1ccccc1. The van der Waals surface area contributed by atoms with Crippen molar-refractivity contribution in [3.63, 3.8) is 0 Å². The summed E-state index contributed by atoms with van der Waals surface area (Å²) in [5, 5.41) is 6.52. The van der Waals surface area contributed by atoms with Crippen molar-refractivity contribution in [2.45, 2.75) is 24.1 Å². The van der Waals surface area contributed by atoms with Crippen LogP contribution in [0.2, 0.25) is 0 Å². The third-order valence-electron chi connectivity index (χ3n) is 3.66. The summed E-state index contributed by atoms with van der Waals surface area (Å²) in [6.07, 6.45) is 0.912. The Morgan fingerprint density at radius 2 is 1.85 bits per heavy atom. The third-order valence-corrected chi connectivity index (χ3v) is 7.01. The molecule has 2 aromatic rings. The molecule has 0 spiro atoms. The predicted octanol–water partition coefficient (Wildman–Crippen LogP) is 2.30. The smallest absolute Gasteiger partial charge is 0.252 e. The van der Waals surface area contributed by atoms with E-state index in [-0.39, 0.29) is 0 Å². The number of rotatable bonds is 8. The van der Waals surface area contributed by atoms with E-state index in [0.29, 0.717) is 10.8 Å². The van der Waals surface area contributed by atoms with Crippen molar-refractivity contribution in [2.75, 3.05) is 27.2 Å². The summed E-state index contributed by atoms with van der Waals surface area (Å²) in [4.78, 5) is 5.46. The largest absolute Gasteiger partial charge is 0.357 e. The van der Waals surface area contributed by atoms with Crippen LogP contribution < -0.4 is 10.6 Å². The molecule has 26 heavy (non-hydrogen) atoms. The number of hydrogen-bond donors (Lipinski definition) is 2. The molecule has 0 atom stereocenters. The van der Waals surface area contributed by atoms with E-state index >= 15 is 0 Å². The molecule has 0 amide bonds. The van der Waals surface area contributed by atoms with Gasteiger partial charge in [-0.05, 0) is 31.0 Å². The maximum Gasteiger partial charge on any atom is 0.252 e. The molecule has 8 heteroatoms. The average Bonchev–Trinajstić information content (AvgIpc) is 3.10. The van der Waals surface area contributed by atoms with Gasteiger partial charge in [-0.3, -0.25) is 0 Å². The van der Waals surface area contributed by atoms with Crippen LogP contribution >= 0.6 is 11.3 Å². The number of thiophene rings is 1. The second-order valence-corrected chi connectivity index (χ2v) is 9.41. The first-order valence-corrected chi connectivity index (χ1v) is 10.8. The van der Waals surface area contributed by atoms with Gasteiger partial charge in [0.05, 0.1) is 6.54 Å². The van der Waals surface area contributed by atoms with E-state index in [1.54, 1.807) is 6.07 Å². The summed E-state index contributed by atoms with van der Waals surface area (Å²) in [6, 6.07) is 13.7. The molecule has 0 saturated heterocycles. The van der Waals surface area contributed by atoms with Gasteiger partial charge in [-0.2, -0.15) is 0 Å². The van der Waals surface area contributed by atoms with E-state index in [9.17, 15) is 8.42 Å². The van der Waals surface area contributed by atoms with Crippen molar-refractivity contribution in [2.24, 2.45) is 4.99 Å². The molecule has 0 fully saturated rings. The minimum atomic E-state index is -3.38. The van der Waals surface area contributed by atoms with Crippen LogP contribution in [0.4, 0.5) is 0 Å². The first-order chi connectivity index (χ1) is 12.4. The lowest BCUT2D eigenvalue weighted by Crippen LogP contribution is -2.38. The van der Waals surface area contributed by atoms with Gasteiger partial charge in [0.1, 0.15) is 4.21 Å². The third kappa shape index (κ3) is 5.82. The van der Waals surface area contributed by atoms with Gasteiger partial charge in [0.15, 0.2) is 5.96 Å². The summed E-state index contributed by atoms with van der Waals surface area (Å²) in [5.74, 6) is 0.730. The Morgan fingerprint density at radius 1 is 1.12 bits per heavy atom. The predicted molar refractivity (Wildman–Crippen MR) is 108 cm³/mol. The second-order valence-electron chi connectivity index (χ2n) is 5.87. The van der Waals surface area contributed by atoms with E-state index in [4.69, 9.17) is 0 Å². The fraction of sp³-hybridized carbons (Fsp3) is 0.389. The van der Waals surface area contributed by atoms with E-state index in [1.807, 2.05) is 31.2 Å². The van der Waals surface area contributed by atoms with E-state index < -0.39 is 10.0 Å². The van der Waals surface area contributed by atoms with Crippen LogP contribution in [0, 0.1) is 0 Å². The highest BCUT2D eigenvalue weighted by atomic mass is 32.2. The zero-order valence-electron chi connectivity index (χ0n) is 15.4. The molecule has 1 aromatic heterocycles. The van der Waals surface area contributed by atoms with Crippen molar-refractivity contribution in [1.29, 1.82) is 0 Å². The number of aliphatic imine (C=N–C) groups is 1. The van der Waals surface area contributed by atoms with Gasteiger partial charge in [-0.25, -0.2) is 17.7 Å². The van der Waals surface area contributed by atoms with Crippen molar-refractivity contribution in [3.8, 4) is 0 Å². The maximum absolute atomic E-state index is 12.1. The molecule has 0 aliphatic carbocycles. The number of hydrogen-bond acceptors (Lipinski definition) is 4. The summed E-state index contributed by atoms with van der Waals surface area (Å²) in [7, 11) is -0.308. The molecule has 0 saturated carbocycles. The van der Waals surface area contributed by atoms with Crippen LogP contribution in [0.15, 0.2) is 51.7 Å². The fourth-order valence-corrected chi connectivity index (χ4v) is 4.68. The van der Waals surface area contributed by atoms with Crippen LogP contribution in [0.25, 0.3) is 0 Å². The lowest BCUT2D eigenvalue weighted by Gasteiger charge is -2.11. The molecule has 2 rings (SSSR count). The van der Waals surface area contributed by atoms with Gasteiger partial charge < -0.3 is 10.6 Å². The van der Waals surface area contributed by atoms with Crippen molar-refractivity contribution >= 4 is 27.3 Å². The molecule has 142 valence electrons. The standard InChI is InChI=1S/C18H26N4O2S2/c1-4-19-18(20-13-12-15-8-6-5-7-9-15)21-14-16-10-11-17(25-16)26(23,24)22(2)3/h5-11H,4,12-14H2,1-3H3,(H2,19,20,21). The fourth-order valence-electron chi connectivity index (χ4n) is 2.23. The lowest BCUT2D eigenvalue weighted by molar-refractivity contribution is 0.523. The van der Waals surface area contributed by atoms with Crippen molar-refractivity contribution < 1.29 is 8.42 Å². The normalized spacial score (nSPS) is 12.4. The first-order valence-electron chi connectivity index (χ1n) is 8.51. The summed E-state index contributed by atoms with van der Waals surface area (Å²) in [6.45, 7) is 4.00. The minimum Gasteiger partial charge on any atom is -0.357 e. The molecule has 0 aliphatic rings. The Morgan fingerprint density at radius 3 is 2.50 bits per heavy atom. The zero-order chi connectivity index (χ0) is 19.0. The highest BCUT2D eigenvalue weighted by Crippen LogP contribution is 2.24. The molecular formula is C18H26N4O2S2. The van der Waals surface area contributed by atoms with Crippen LogP contribution in [0.3, 0.4) is 0 Å². The highest BCUT2D eigenvalue weighted by Gasteiger charge is 2.19. The Kier molecular flexibility index (Phi) is 7.62. The molecule has 0 bridgehead atoms. The molecule has 2 N–H and O–H groups in total. The average molecular weight is 395 g/mol. The summed E-state index contributed by atoms with van der Waals surface area (Å²) < 4.78 is 25.8. The molecule has 0 unspecified atom stereocenters. The quantitative estimate of drug-likeness (QED) is 0.532. The van der Waals surface area contributed by atoms with Crippen molar-refractivity contribution in [1.82, 2.24) is 14.9 Å². The molecule has 1 heterocycles. The Balaban J connectivity index is 1.95. The Hall–Kier alpha value is -1.90. The molecule has 0 radical (unpaired) electrons. The Bertz CT molecular complexity index is 815. The number of nitrogens with zero attached hydrogens (tertiary/aromatic N) is 2. The monoisotopic (exact) mass is 394 g/mol. The van der Waals surface area contributed by atoms with Gasteiger partial charge in [-0.15, -0.1) is 11.3 Å². The molecule has 0 aliphatic heterocycles. The van der Waals surface area contributed by atoms with Gasteiger partial charge >= 0.3 is 0 Å². The molecule has 1 aromatic carbocycles. The topological polar surface area (TPSA) is 73.8 Å². The highest BCUT2D eigenvalue weighted by molar-refractivity contribution is 7.91. The van der Waals surface area contributed by atoms with Crippen molar-refractivity contribution in [3.05, 3.63) is 52.9 Å². The lowest BCUT2D eigenvalue weighted by atomic mass is 10.1. The molecule has 6 nitrogen and oxygen atoms in total. The van der Waals surface area contributed by atoms with Crippen LogP contribution in [-0.2, 0) is 23.0 Å². The Labute approximate surface area is 160 Å². The van der Waals surface area contributed by atoms with Crippen LogP contribution in [0.1, 0.15) is 17.4 Å². The maximum atomic E-state index is 12.1. The van der Waals surface area contributed by atoms with Gasteiger partial charge in [0.2, 0.25) is 0 Å². The number of sulfonamides is 1. The van der Waals surface area contributed by atoms with E-state index in [1.165, 1.54) is 35.3 Å². The second kappa shape index (κ2) is 9.70. The van der Waals surface area contributed by atoms with E-state index in [0.717, 1.165) is 30.3 Å². The first kappa shape index (κ1) is 20.4. The number of benzene rings is 1. The van der Waals surface area contributed by atoms with Gasteiger partial charge in [-0.1, -0.05) is 30.3 Å². The van der Waals surface area contributed by atoms with E-state index in [2.05, 4.69) is 27.8 Å². The summed E-state index contributed by atoms with van der Waals surface area (Å²) >= 11 is 1.26. The molecular weight excluding hydrogens is 368 g/mol. The number of guanidine groups is 1. The zero-order valence-corrected chi connectivity index (χ0v) is 17.0. The summed E-state index contributed by atoms with van der Waals surface area (Å²) in [5.41, 5.74) is 1.27. The van der Waals surface area contributed by atoms with Crippen LogP contribution in [0.5, 0.6) is 0 Å². The van der Waals surface area contributed by atoms with Crippen LogP contribution in [-0.4, -0.2) is 45.9 Å². The van der Waals surface area contributed by atoms with Gasteiger partial charge in [0.25, 0.3) is 10.0 Å².